The van der Waals surface area contributed by atoms with E-state index in [1.54, 1.807) is 0 Å². The SMILES string of the molecule is C=CC(=O)N1CC(C)(CC(F)(F)F)C1. The lowest BCUT2D eigenvalue weighted by Gasteiger charge is -2.47. The zero-order chi connectivity index (χ0) is 11.0. The van der Waals surface area contributed by atoms with Crippen LogP contribution in [-0.2, 0) is 4.79 Å². The highest BCUT2D eigenvalue weighted by Gasteiger charge is 2.47. The van der Waals surface area contributed by atoms with E-state index in [2.05, 4.69) is 6.58 Å². The molecule has 1 aliphatic heterocycles. The first kappa shape index (κ1) is 11.1. The summed E-state index contributed by atoms with van der Waals surface area (Å²) in [6.07, 6.45) is -3.87. The molecule has 14 heavy (non-hydrogen) atoms. The van der Waals surface area contributed by atoms with Crippen LogP contribution in [0.1, 0.15) is 13.3 Å². The summed E-state index contributed by atoms with van der Waals surface area (Å²) in [5.74, 6) is -0.301. The minimum absolute atomic E-state index is 0.164. The number of amides is 1. The van der Waals surface area contributed by atoms with E-state index in [4.69, 9.17) is 0 Å². The predicted molar refractivity (Wildman–Crippen MR) is 45.6 cm³/mol. The van der Waals surface area contributed by atoms with Gasteiger partial charge in [-0.05, 0) is 6.08 Å². The molecule has 1 rings (SSSR count). The van der Waals surface area contributed by atoms with Gasteiger partial charge in [0, 0.05) is 18.5 Å². The first-order chi connectivity index (χ1) is 6.26. The van der Waals surface area contributed by atoms with Crippen molar-refractivity contribution in [3.63, 3.8) is 0 Å². The van der Waals surface area contributed by atoms with Crippen molar-refractivity contribution < 1.29 is 18.0 Å². The molecule has 0 saturated carbocycles. The Morgan fingerprint density at radius 2 is 2.07 bits per heavy atom. The number of hydrogen-bond donors (Lipinski definition) is 0. The molecule has 80 valence electrons. The summed E-state index contributed by atoms with van der Waals surface area (Å²) in [6, 6.07) is 0. The van der Waals surface area contributed by atoms with Crippen LogP contribution in [0.15, 0.2) is 12.7 Å². The van der Waals surface area contributed by atoms with Gasteiger partial charge in [-0.2, -0.15) is 13.2 Å². The van der Waals surface area contributed by atoms with Crippen LogP contribution in [-0.4, -0.2) is 30.1 Å². The molecule has 1 heterocycles. The monoisotopic (exact) mass is 207 g/mol. The van der Waals surface area contributed by atoms with E-state index in [1.807, 2.05) is 0 Å². The van der Waals surface area contributed by atoms with Gasteiger partial charge in [0.2, 0.25) is 5.91 Å². The van der Waals surface area contributed by atoms with Crippen LogP contribution in [0.5, 0.6) is 0 Å². The highest BCUT2D eigenvalue weighted by atomic mass is 19.4. The molecule has 1 aliphatic rings. The molecule has 1 saturated heterocycles. The van der Waals surface area contributed by atoms with Crippen LogP contribution in [0.2, 0.25) is 0 Å². The molecular weight excluding hydrogens is 195 g/mol. The number of alkyl halides is 3. The van der Waals surface area contributed by atoms with Gasteiger partial charge in [0.05, 0.1) is 6.42 Å². The molecule has 0 unspecified atom stereocenters. The molecule has 1 fully saturated rings. The minimum atomic E-state index is -4.15. The van der Waals surface area contributed by atoms with Crippen molar-refractivity contribution in [2.45, 2.75) is 19.5 Å². The van der Waals surface area contributed by atoms with Crippen molar-refractivity contribution in [1.29, 1.82) is 0 Å². The minimum Gasteiger partial charge on any atom is -0.338 e. The van der Waals surface area contributed by atoms with Crippen LogP contribution in [0, 0.1) is 5.41 Å². The summed E-state index contributed by atoms with van der Waals surface area (Å²) >= 11 is 0. The van der Waals surface area contributed by atoms with Gasteiger partial charge in [-0.3, -0.25) is 4.79 Å². The molecule has 0 aliphatic carbocycles. The number of rotatable bonds is 2. The van der Waals surface area contributed by atoms with Crippen molar-refractivity contribution >= 4 is 5.91 Å². The molecule has 0 bridgehead atoms. The smallest absolute Gasteiger partial charge is 0.338 e. The Kier molecular flexibility index (Phi) is 2.61. The summed E-state index contributed by atoms with van der Waals surface area (Å²) in [4.78, 5) is 12.3. The lowest BCUT2D eigenvalue weighted by atomic mass is 9.78. The van der Waals surface area contributed by atoms with Crippen molar-refractivity contribution in [3.05, 3.63) is 12.7 Å². The highest BCUT2D eigenvalue weighted by molar-refractivity contribution is 5.87. The van der Waals surface area contributed by atoms with Crippen LogP contribution in [0.3, 0.4) is 0 Å². The normalized spacial score (nSPS) is 20.1. The number of hydrogen-bond acceptors (Lipinski definition) is 1. The van der Waals surface area contributed by atoms with E-state index in [1.165, 1.54) is 11.8 Å². The summed E-state index contributed by atoms with van der Waals surface area (Å²) in [5.41, 5.74) is -0.809. The topological polar surface area (TPSA) is 20.3 Å². The molecule has 5 heteroatoms. The van der Waals surface area contributed by atoms with E-state index < -0.39 is 18.0 Å². The third kappa shape index (κ3) is 2.49. The van der Waals surface area contributed by atoms with Crippen molar-refractivity contribution in [3.8, 4) is 0 Å². The van der Waals surface area contributed by atoms with Crippen molar-refractivity contribution in [2.75, 3.05) is 13.1 Å². The Hall–Kier alpha value is -1.00. The van der Waals surface area contributed by atoms with Gasteiger partial charge in [-0.15, -0.1) is 0 Å². The first-order valence-corrected chi connectivity index (χ1v) is 4.24. The molecule has 0 N–H and O–H groups in total. The van der Waals surface area contributed by atoms with Gasteiger partial charge >= 0.3 is 6.18 Å². The summed E-state index contributed by atoms with van der Waals surface area (Å²) in [5, 5.41) is 0. The quantitative estimate of drug-likeness (QED) is 0.634. The van der Waals surface area contributed by atoms with E-state index in [0.29, 0.717) is 0 Å². The Morgan fingerprint density at radius 3 is 2.43 bits per heavy atom. The standard InChI is InChI=1S/C9H12F3NO/c1-3-7(14)13-5-8(2,6-13)4-9(10,11)12/h3H,1,4-6H2,2H3. The van der Waals surface area contributed by atoms with Gasteiger partial charge < -0.3 is 4.90 Å². The molecule has 0 atom stereocenters. The van der Waals surface area contributed by atoms with Crippen LogP contribution in [0.25, 0.3) is 0 Å². The Morgan fingerprint density at radius 1 is 1.57 bits per heavy atom. The Labute approximate surface area is 80.4 Å². The molecule has 2 nitrogen and oxygen atoms in total. The van der Waals surface area contributed by atoms with E-state index >= 15 is 0 Å². The third-order valence-corrected chi connectivity index (χ3v) is 2.26. The predicted octanol–water partition coefficient (Wildman–Crippen LogP) is 1.97. The Balaban J connectivity index is 2.45. The second kappa shape index (κ2) is 3.29. The average Bonchev–Trinajstić information content (AvgIpc) is 1.95. The average molecular weight is 207 g/mol. The number of nitrogens with zero attached hydrogens (tertiary/aromatic N) is 1. The molecule has 0 aromatic heterocycles. The maximum Gasteiger partial charge on any atom is 0.389 e. The van der Waals surface area contributed by atoms with Gasteiger partial charge in [-0.1, -0.05) is 13.5 Å². The fourth-order valence-corrected chi connectivity index (χ4v) is 1.76. The van der Waals surface area contributed by atoms with Crippen molar-refractivity contribution in [1.82, 2.24) is 4.90 Å². The van der Waals surface area contributed by atoms with E-state index in [9.17, 15) is 18.0 Å². The maximum atomic E-state index is 12.1. The maximum absolute atomic E-state index is 12.1. The number of likely N-dealkylation sites (tertiary alicyclic amines) is 1. The zero-order valence-electron chi connectivity index (χ0n) is 7.90. The van der Waals surface area contributed by atoms with Crippen LogP contribution < -0.4 is 0 Å². The van der Waals surface area contributed by atoms with Crippen molar-refractivity contribution in [2.24, 2.45) is 5.41 Å². The van der Waals surface area contributed by atoms with E-state index in [-0.39, 0.29) is 19.0 Å². The van der Waals surface area contributed by atoms with Gasteiger partial charge in [0.1, 0.15) is 0 Å². The Bertz CT molecular complexity index is 253. The fourth-order valence-electron chi connectivity index (χ4n) is 1.76. The zero-order valence-corrected chi connectivity index (χ0v) is 7.90. The third-order valence-electron chi connectivity index (χ3n) is 2.26. The molecular formula is C9H12F3NO. The molecule has 0 radical (unpaired) electrons. The molecule has 0 spiro atoms. The largest absolute Gasteiger partial charge is 0.389 e. The lowest BCUT2D eigenvalue weighted by molar-refractivity contribution is -0.180. The van der Waals surface area contributed by atoms with E-state index in [0.717, 1.165) is 6.08 Å². The highest BCUT2D eigenvalue weighted by Crippen LogP contribution is 2.40. The second-order valence-corrected chi connectivity index (χ2v) is 4.00. The van der Waals surface area contributed by atoms with Gasteiger partial charge in [0.15, 0.2) is 0 Å². The first-order valence-electron chi connectivity index (χ1n) is 4.24. The molecule has 0 aromatic carbocycles. The molecule has 0 aromatic rings. The van der Waals surface area contributed by atoms with Crippen LogP contribution >= 0.6 is 0 Å². The summed E-state index contributed by atoms with van der Waals surface area (Å²) in [6.45, 7) is 5.14. The number of carbonyl (C=O) groups is 1. The summed E-state index contributed by atoms with van der Waals surface area (Å²) in [7, 11) is 0. The van der Waals surface area contributed by atoms with Gasteiger partial charge in [0.25, 0.3) is 0 Å². The van der Waals surface area contributed by atoms with Crippen LogP contribution in [0.4, 0.5) is 13.2 Å². The fraction of sp³-hybridized carbons (Fsp3) is 0.667. The number of halogens is 3. The molecule has 1 amide bonds. The lowest BCUT2D eigenvalue weighted by Crippen LogP contribution is -2.57. The van der Waals surface area contributed by atoms with Gasteiger partial charge in [-0.25, -0.2) is 0 Å². The summed E-state index contributed by atoms with van der Waals surface area (Å²) < 4.78 is 36.2. The number of carbonyl (C=O) groups excluding carboxylic acids is 1. The second-order valence-electron chi connectivity index (χ2n) is 4.00.